The molecular formula is C20H21FN2O3. The summed E-state index contributed by atoms with van der Waals surface area (Å²) >= 11 is 0. The Morgan fingerprint density at radius 1 is 1.27 bits per heavy atom. The fourth-order valence-corrected chi connectivity index (χ4v) is 3.16. The second-order valence-corrected chi connectivity index (χ2v) is 6.15. The van der Waals surface area contributed by atoms with Gasteiger partial charge in [0.2, 0.25) is 11.8 Å². The van der Waals surface area contributed by atoms with E-state index in [1.54, 1.807) is 25.3 Å². The number of rotatable bonds is 5. The number of benzene rings is 2. The van der Waals surface area contributed by atoms with Crippen molar-refractivity contribution >= 4 is 11.8 Å². The quantitative estimate of drug-likeness (QED) is 0.895. The average molecular weight is 356 g/mol. The molecule has 0 saturated carbocycles. The molecule has 2 amide bonds. The fraction of sp³-hybridized carbons (Fsp3) is 0.300. The van der Waals surface area contributed by atoms with E-state index in [1.807, 2.05) is 24.3 Å². The van der Waals surface area contributed by atoms with Gasteiger partial charge >= 0.3 is 0 Å². The monoisotopic (exact) mass is 356 g/mol. The molecule has 0 bridgehead atoms. The highest BCUT2D eigenvalue weighted by atomic mass is 19.1. The van der Waals surface area contributed by atoms with E-state index in [0.717, 1.165) is 11.3 Å². The summed E-state index contributed by atoms with van der Waals surface area (Å²) in [5.41, 5.74) is 1.20. The first-order chi connectivity index (χ1) is 12.6. The Balaban J connectivity index is 1.75. The normalized spacial score (nSPS) is 16.9. The Morgan fingerprint density at radius 2 is 2.08 bits per heavy atom. The molecule has 5 nitrogen and oxygen atoms in total. The highest BCUT2D eigenvalue weighted by molar-refractivity contribution is 5.90. The first kappa shape index (κ1) is 17.9. The second kappa shape index (κ2) is 7.99. The Labute approximate surface area is 151 Å². The maximum absolute atomic E-state index is 14.2. The van der Waals surface area contributed by atoms with Crippen LogP contribution in [0.15, 0.2) is 48.5 Å². The van der Waals surface area contributed by atoms with Crippen molar-refractivity contribution in [2.75, 3.05) is 20.2 Å². The standard InChI is InChI=1S/C20H21FN2O3/c1-26-15-6-4-5-14(13-15)9-10-18(24)23-12-11-22-20(25)19(23)16-7-2-3-8-17(16)21/h2-8,13,19H,9-12H2,1H3,(H,22,25). The molecule has 1 N–H and O–H groups in total. The average Bonchev–Trinajstić information content (AvgIpc) is 2.67. The van der Waals surface area contributed by atoms with E-state index in [0.29, 0.717) is 19.5 Å². The molecule has 2 aromatic rings. The zero-order chi connectivity index (χ0) is 18.5. The number of hydrogen-bond donors (Lipinski definition) is 1. The van der Waals surface area contributed by atoms with Crippen molar-refractivity contribution in [3.63, 3.8) is 0 Å². The molecule has 136 valence electrons. The Morgan fingerprint density at radius 3 is 2.85 bits per heavy atom. The number of amides is 2. The SMILES string of the molecule is COc1cccc(CCC(=O)N2CCNC(=O)C2c2ccccc2F)c1. The molecule has 1 saturated heterocycles. The van der Waals surface area contributed by atoms with Crippen molar-refractivity contribution in [3.05, 3.63) is 65.5 Å². The minimum absolute atomic E-state index is 0.170. The van der Waals surface area contributed by atoms with Crippen molar-refractivity contribution < 1.29 is 18.7 Å². The molecule has 6 heteroatoms. The molecule has 1 heterocycles. The number of piperazine rings is 1. The minimum atomic E-state index is -0.928. The van der Waals surface area contributed by atoms with Crippen molar-refractivity contribution in [2.24, 2.45) is 0 Å². The number of carbonyl (C=O) groups is 2. The molecule has 1 unspecified atom stereocenters. The molecule has 0 aromatic heterocycles. The van der Waals surface area contributed by atoms with E-state index < -0.39 is 11.9 Å². The predicted octanol–water partition coefficient (Wildman–Crippen LogP) is 2.47. The van der Waals surface area contributed by atoms with Gasteiger partial charge < -0.3 is 15.0 Å². The third-order valence-corrected chi connectivity index (χ3v) is 4.49. The number of nitrogens with zero attached hydrogens (tertiary/aromatic N) is 1. The van der Waals surface area contributed by atoms with Gasteiger partial charge in [0, 0.05) is 25.1 Å². The summed E-state index contributed by atoms with van der Waals surface area (Å²) in [6.07, 6.45) is 0.767. The molecular weight excluding hydrogens is 335 g/mol. The maximum atomic E-state index is 14.2. The van der Waals surface area contributed by atoms with E-state index in [-0.39, 0.29) is 23.8 Å². The molecule has 1 aliphatic heterocycles. The topological polar surface area (TPSA) is 58.6 Å². The lowest BCUT2D eigenvalue weighted by Gasteiger charge is -2.35. The summed E-state index contributed by atoms with van der Waals surface area (Å²) in [7, 11) is 1.59. The largest absolute Gasteiger partial charge is 0.497 e. The van der Waals surface area contributed by atoms with Crippen molar-refractivity contribution in [3.8, 4) is 5.75 Å². The summed E-state index contributed by atoms with van der Waals surface area (Å²) < 4.78 is 19.4. The number of ether oxygens (including phenoxy) is 1. The molecule has 0 radical (unpaired) electrons. The van der Waals surface area contributed by atoms with Crippen LogP contribution in [0.25, 0.3) is 0 Å². The van der Waals surface area contributed by atoms with Gasteiger partial charge in [-0.25, -0.2) is 4.39 Å². The van der Waals surface area contributed by atoms with Gasteiger partial charge in [0.15, 0.2) is 0 Å². The van der Waals surface area contributed by atoms with Crippen LogP contribution < -0.4 is 10.1 Å². The van der Waals surface area contributed by atoms with E-state index in [1.165, 1.54) is 11.0 Å². The highest BCUT2D eigenvalue weighted by Crippen LogP contribution is 2.26. The van der Waals surface area contributed by atoms with Gasteiger partial charge in [-0.05, 0) is 30.2 Å². The van der Waals surface area contributed by atoms with E-state index in [4.69, 9.17) is 4.74 Å². The van der Waals surface area contributed by atoms with E-state index in [9.17, 15) is 14.0 Å². The second-order valence-electron chi connectivity index (χ2n) is 6.15. The number of halogens is 1. The Hall–Kier alpha value is -2.89. The molecule has 1 fully saturated rings. The van der Waals surface area contributed by atoms with Gasteiger partial charge in [-0.1, -0.05) is 30.3 Å². The number of carbonyl (C=O) groups excluding carboxylic acids is 2. The van der Waals surface area contributed by atoms with Crippen LogP contribution in [0, 0.1) is 5.82 Å². The molecule has 3 rings (SSSR count). The van der Waals surface area contributed by atoms with Gasteiger partial charge in [-0.2, -0.15) is 0 Å². The minimum Gasteiger partial charge on any atom is -0.497 e. The highest BCUT2D eigenvalue weighted by Gasteiger charge is 2.35. The summed E-state index contributed by atoms with van der Waals surface area (Å²) in [5.74, 6) is -0.274. The summed E-state index contributed by atoms with van der Waals surface area (Å²) in [6.45, 7) is 0.733. The summed E-state index contributed by atoms with van der Waals surface area (Å²) in [6, 6.07) is 12.7. The van der Waals surface area contributed by atoms with Gasteiger partial charge in [-0.15, -0.1) is 0 Å². The zero-order valence-electron chi connectivity index (χ0n) is 14.6. The number of methoxy groups -OCH3 is 1. The van der Waals surface area contributed by atoms with E-state index in [2.05, 4.69) is 5.32 Å². The van der Waals surface area contributed by atoms with Crippen molar-refractivity contribution in [1.82, 2.24) is 10.2 Å². The van der Waals surface area contributed by atoms with Crippen LogP contribution in [0.4, 0.5) is 4.39 Å². The van der Waals surface area contributed by atoms with Gasteiger partial charge in [0.05, 0.1) is 7.11 Å². The van der Waals surface area contributed by atoms with Crippen LogP contribution in [0.1, 0.15) is 23.6 Å². The lowest BCUT2D eigenvalue weighted by Crippen LogP contribution is -2.52. The third-order valence-electron chi connectivity index (χ3n) is 4.49. The molecule has 2 aromatic carbocycles. The Bertz CT molecular complexity index is 809. The first-order valence-corrected chi connectivity index (χ1v) is 8.54. The summed E-state index contributed by atoms with van der Waals surface area (Å²) in [4.78, 5) is 26.6. The van der Waals surface area contributed by atoms with Crippen molar-refractivity contribution in [1.29, 1.82) is 0 Å². The lowest BCUT2D eigenvalue weighted by molar-refractivity contribution is -0.143. The first-order valence-electron chi connectivity index (χ1n) is 8.54. The van der Waals surface area contributed by atoms with Crippen LogP contribution >= 0.6 is 0 Å². The molecule has 1 aliphatic rings. The van der Waals surface area contributed by atoms with Crippen LogP contribution in [0.3, 0.4) is 0 Å². The van der Waals surface area contributed by atoms with Crippen LogP contribution in [-0.4, -0.2) is 36.9 Å². The molecule has 26 heavy (non-hydrogen) atoms. The van der Waals surface area contributed by atoms with Crippen LogP contribution in [0.5, 0.6) is 5.75 Å². The predicted molar refractivity (Wildman–Crippen MR) is 95.2 cm³/mol. The Kier molecular flexibility index (Phi) is 5.51. The molecule has 1 atom stereocenters. The zero-order valence-corrected chi connectivity index (χ0v) is 14.6. The van der Waals surface area contributed by atoms with Crippen LogP contribution in [-0.2, 0) is 16.0 Å². The smallest absolute Gasteiger partial charge is 0.247 e. The van der Waals surface area contributed by atoms with E-state index >= 15 is 0 Å². The van der Waals surface area contributed by atoms with Gasteiger partial charge in [0.25, 0.3) is 0 Å². The van der Waals surface area contributed by atoms with Crippen molar-refractivity contribution in [2.45, 2.75) is 18.9 Å². The number of aryl methyl sites for hydroxylation is 1. The maximum Gasteiger partial charge on any atom is 0.247 e. The molecule has 0 aliphatic carbocycles. The fourth-order valence-electron chi connectivity index (χ4n) is 3.16. The van der Waals surface area contributed by atoms with Gasteiger partial charge in [0.1, 0.15) is 17.6 Å². The molecule has 0 spiro atoms. The number of hydrogen-bond acceptors (Lipinski definition) is 3. The summed E-state index contributed by atoms with van der Waals surface area (Å²) in [5, 5.41) is 2.72. The lowest BCUT2D eigenvalue weighted by atomic mass is 10.0. The van der Waals surface area contributed by atoms with Gasteiger partial charge in [-0.3, -0.25) is 9.59 Å². The van der Waals surface area contributed by atoms with Crippen LogP contribution in [0.2, 0.25) is 0 Å². The third kappa shape index (κ3) is 3.85. The number of nitrogens with one attached hydrogen (secondary N) is 1.